The van der Waals surface area contributed by atoms with Gasteiger partial charge >= 0.3 is 0 Å². The zero-order valence-electron chi connectivity index (χ0n) is 11.2. The minimum absolute atomic E-state index is 0.875. The lowest BCUT2D eigenvalue weighted by molar-refractivity contribution is 0.735. The fourth-order valence-electron chi connectivity index (χ4n) is 2.21. The van der Waals surface area contributed by atoms with E-state index >= 15 is 0 Å². The lowest BCUT2D eigenvalue weighted by atomic mass is 10.2. The quantitative estimate of drug-likeness (QED) is 0.761. The Balaban J connectivity index is 1.66. The molecule has 0 bridgehead atoms. The maximum Gasteiger partial charge on any atom is 0.139 e. The fraction of sp³-hybridized carbons (Fsp3) is 0.118. The van der Waals surface area contributed by atoms with E-state index in [4.69, 9.17) is 0 Å². The third kappa shape index (κ3) is 2.88. The summed E-state index contributed by atoms with van der Waals surface area (Å²) in [7, 11) is 0. The summed E-state index contributed by atoms with van der Waals surface area (Å²) in [6, 6.07) is 20.5. The number of benzene rings is 2. The van der Waals surface area contributed by atoms with E-state index in [0.29, 0.717) is 0 Å². The molecule has 3 aromatic rings. The molecule has 0 radical (unpaired) electrons. The molecule has 1 heterocycles. The van der Waals surface area contributed by atoms with E-state index in [-0.39, 0.29) is 0 Å². The van der Waals surface area contributed by atoms with Gasteiger partial charge in [-0.05, 0) is 12.1 Å². The molecule has 1 N–H and O–H groups in total. The summed E-state index contributed by atoms with van der Waals surface area (Å²) in [4.78, 5) is 4.45. The number of anilines is 1. The van der Waals surface area contributed by atoms with Crippen molar-refractivity contribution < 1.29 is 0 Å². The molecule has 3 rings (SSSR count). The van der Waals surface area contributed by atoms with Gasteiger partial charge in [-0.25, -0.2) is 4.98 Å². The van der Waals surface area contributed by atoms with E-state index in [2.05, 4.69) is 39.1 Å². The molecule has 0 aliphatic heterocycles. The molecule has 2 aromatic carbocycles. The van der Waals surface area contributed by atoms with Gasteiger partial charge in [0.05, 0.1) is 0 Å². The monoisotopic (exact) mass is 263 g/mol. The minimum Gasteiger partial charge on any atom is -0.383 e. The van der Waals surface area contributed by atoms with Gasteiger partial charge in [-0.2, -0.15) is 0 Å². The van der Waals surface area contributed by atoms with Crippen LogP contribution in [0.1, 0.15) is 0 Å². The van der Waals surface area contributed by atoms with Gasteiger partial charge in [0.2, 0.25) is 0 Å². The normalized spacial score (nSPS) is 10.4. The number of nitrogens with zero attached hydrogens (tertiary/aromatic N) is 2. The summed E-state index contributed by atoms with van der Waals surface area (Å²) in [6.45, 7) is 1.76. The van der Waals surface area contributed by atoms with Gasteiger partial charge in [-0.15, -0.1) is 0 Å². The summed E-state index contributed by atoms with van der Waals surface area (Å²) in [6.07, 6.45) is 3.87. The van der Waals surface area contributed by atoms with Gasteiger partial charge in [0, 0.05) is 36.7 Å². The lowest BCUT2D eigenvalue weighted by Gasteiger charge is -2.10. The van der Waals surface area contributed by atoms with Gasteiger partial charge in [0.1, 0.15) is 5.82 Å². The molecule has 100 valence electrons. The number of para-hydroxylation sites is 1. The van der Waals surface area contributed by atoms with Crippen molar-refractivity contribution in [3.63, 3.8) is 0 Å². The second-order valence-electron chi connectivity index (χ2n) is 4.60. The Morgan fingerprint density at radius 2 is 1.60 bits per heavy atom. The standard InChI is InChI=1S/C17H17N3/c1-3-7-15(8-4-1)17-19-12-14-20(17)13-11-18-16-9-5-2-6-10-16/h1-10,12,14,18H,11,13H2. The first-order valence-corrected chi connectivity index (χ1v) is 6.79. The molecule has 0 amide bonds. The largest absolute Gasteiger partial charge is 0.383 e. The first-order chi connectivity index (χ1) is 9.93. The molecule has 3 heteroatoms. The number of hydrogen-bond donors (Lipinski definition) is 1. The van der Waals surface area contributed by atoms with Gasteiger partial charge < -0.3 is 9.88 Å². The fourth-order valence-corrected chi connectivity index (χ4v) is 2.21. The van der Waals surface area contributed by atoms with Crippen LogP contribution in [0.5, 0.6) is 0 Å². The van der Waals surface area contributed by atoms with E-state index in [9.17, 15) is 0 Å². The molecule has 20 heavy (non-hydrogen) atoms. The average Bonchev–Trinajstić information content (AvgIpc) is 2.98. The molecule has 0 aliphatic rings. The molecule has 0 atom stereocenters. The first-order valence-electron chi connectivity index (χ1n) is 6.79. The van der Waals surface area contributed by atoms with Gasteiger partial charge in [-0.3, -0.25) is 0 Å². The highest BCUT2D eigenvalue weighted by Crippen LogP contribution is 2.16. The number of hydrogen-bond acceptors (Lipinski definition) is 2. The number of imidazole rings is 1. The summed E-state index contributed by atoms with van der Waals surface area (Å²) in [5, 5.41) is 3.41. The van der Waals surface area contributed by atoms with Gasteiger partial charge in [0.15, 0.2) is 0 Å². The van der Waals surface area contributed by atoms with Crippen LogP contribution in [0.25, 0.3) is 11.4 Å². The number of nitrogens with one attached hydrogen (secondary N) is 1. The Morgan fingerprint density at radius 1 is 0.900 bits per heavy atom. The van der Waals surface area contributed by atoms with Crippen molar-refractivity contribution >= 4 is 5.69 Å². The third-order valence-corrected chi connectivity index (χ3v) is 3.20. The summed E-state index contributed by atoms with van der Waals surface area (Å²) < 4.78 is 2.17. The van der Waals surface area contributed by atoms with Crippen molar-refractivity contribution in [2.75, 3.05) is 11.9 Å². The average molecular weight is 263 g/mol. The van der Waals surface area contributed by atoms with Gasteiger partial charge in [0.25, 0.3) is 0 Å². The second kappa shape index (κ2) is 6.06. The van der Waals surface area contributed by atoms with E-state index in [1.807, 2.05) is 48.8 Å². The molecular formula is C17H17N3. The van der Waals surface area contributed by atoms with Crippen molar-refractivity contribution in [2.24, 2.45) is 0 Å². The van der Waals surface area contributed by atoms with Crippen LogP contribution in [0.3, 0.4) is 0 Å². The zero-order valence-corrected chi connectivity index (χ0v) is 11.2. The Hall–Kier alpha value is -2.55. The molecule has 1 aromatic heterocycles. The smallest absolute Gasteiger partial charge is 0.139 e. The van der Waals surface area contributed by atoms with E-state index in [0.717, 1.165) is 30.2 Å². The van der Waals surface area contributed by atoms with Gasteiger partial charge in [-0.1, -0.05) is 48.5 Å². The van der Waals surface area contributed by atoms with Crippen LogP contribution >= 0.6 is 0 Å². The van der Waals surface area contributed by atoms with Crippen LogP contribution in [0.2, 0.25) is 0 Å². The van der Waals surface area contributed by atoms with E-state index in [1.165, 1.54) is 0 Å². The maximum absolute atomic E-state index is 4.45. The maximum atomic E-state index is 4.45. The van der Waals surface area contributed by atoms with Crippen molar-refractivity contribution in [1.82, 2.24) is 9.55 Å². The minimum atomic E-state index is 0.875. The predicted molar refractivity (Wildman–Crippen MR) is 82.6 cm³/mol. The molecule has 0 saturated carbocycles. The molecule has 0 saturated heterocycles. The third-order valence-electron chi connectivity index (χ3n) is 3.20. The lowest BCUT2D eigenvalue weighted by Crippen LogP contribution is -2.10. The molecule has 0 unspecified atom stereocenters. The van der Waals surface area contributed by atoms with Crippen LogP contribution in [0.4, 0.5) is 5.69 Å². The molecule has 0 spiro atoms. The Kier molecular flexibility index (Phi) is 3.78. The van der Waals surface area contributed by atoms with Crippen molar-refractivity contribution in [3.05, 3.63) is 73.1 Å². The summed E-state index contributed by atoms with van der Waals surface area (Å²) >= 11 is 0. The molecule has 3 nitrogen and oxygen atoms in total. The van der Waals surface area contributed by atoms with Crippen molar-refractivity contribution in [2.45, 2.75) is 6.54 Å². The predicted octanol–water partition coefficient (Wildman–Crippen LogP) is 3.66. The second-order valence-corrected chi connectivity index (χ2v) is 4.60. The Bertz CT molecular complexity index is 644. The Morgan fingerprint density at radius 3 is 2.35 bits per heavy atom. The van der Waals surface area contributed by atoms with E-state index in [1.54, 1.807) is 0 Å². The molecular weight excluding hydrogens is 246 g/mol. The summed E-state index contributed by atoms with van der Waals surface area (Å²) in [5.74, 6) is 1.01. The highest BCUT2D eigenvalue weighted by molar-refractivity contribution is 5.55. The van der Waals surface area contributed by atoms with Crippen LogP contribution in [0, 0.1) is 0 Å². The SMILES string of the molecule is c1ccc(NCCn2ccnc2-c2ccccc2)cc1. The topological polar surface area (TPSA) is 29.9 Å². The van der Waals surface area contributed by atoms with Crippen LogP contribution in [-0.4, -0.2) is 16.1 Å². The van der Waals surface area contributed by atoms with Crippen molar-refractivity contribution in [3.8, 4) is 11.4 Å². The van der Waals surface area contributed by atoms with E-state index < -0.39 is 0 Å². The van der Waals surface area contributed by atoms with Crippen LogP contribution < -0.4 is 5.32 Å². The molecule has 0 aliphatic carbocycles. The number of aromatic nitrogens is 2. The van der Waals surface area contributed by atoms with Crippen LogP contribution in [-0.2, 0) is 6.54 Å². The molecule has 0 fully saturated rings. The van der Waals surface area contributed by atoms with Crippen molar-refractivity contribution in [1.29, 1.82) is 0 Å². The highest BCUT2D eigenvalue weighted by atomic mass is 15.1. The number of rotatable bonds is 5. The Labute approximate surface area is 118 Å². The summed E-state index contributed by atoms with van der Waals surface area (Å²) in [5.41, 5.74) is 2.30. The van der Waals surface area contributed by atoms with Crippen LogP contribution in [0.15, 0.2) is 73.1 Å². The highest BCUT2D eigenvalue weighted by Gasteiger charge is 2.04. The zero-order chi connectivity index (χ0) is 13.6. The first kappa shape index (κ1) is 12.5.